The molecule has 0 aromatic heterocycles. The molecule has 4 nitrogen and oxygen atoms in total. The maximum Gasteiger partial charge on any atom is 0.133 e. The van der Waals surface area contributed by atoms with Crippen molar-refractivity contribution in [3.63, 3.8) is 0 Å². The van der Waals surface area contributed by atoms with Gasteiger partial charge in [0, 0.05) is 18.5 Å². The zero-order chi connectivity index (χ0) is 18.6. The Kier molecular flexibility index (Phi) is 7.00. The Hall–Kier alpha value is -0.620. The molecule has 5 heteroatoms. The van der Waals surface area contributed by atoms with E-state index in [4.69, 9.17) is 4.74 Å². The summed E-state index contributed by atoms with van der Waals surface area (Å²) in [6, 6.07) is 6.95. The van der Waals surface area contributed by atoms with E-state index in [1.807, 2.05) is 6.07 Å². The zero-order valence-corrected chi connectivity index (χ0v) is 17.7. The summed E-state index contributed by atoms with van der Waals surface area (Å²) in [6.07, 6.45) is 7.71. The fraction of sp³-hybridized carbons (Fsp3) is 0.714. The van der Waals surface area contributed by atoms with Crippen LogP contribution in [0.4, 0.5) is 0 Å². The number of benzene rings is 1. The number of methoxy groups -OCH3 is 1. The first-order valence-electron chi connectivity index (χ1n) is 10.0. The van der Waals surface area contributed by atoms with Gasteiger partial charge in [0.25, 0.3) is 0 Å². The van der Waals surface area contributed by atoms with E-state index in [1.54, 1.807) is 7.11 Å². The third kappa shape index (κ3) is 4.61. The number of halogens is 1. The lowest BCUT2D eigenvalue weighted by Gasteiger charge is -2.43. The molecule has 146 valence electrons. The smallest absolute Gasteiger partial charge is 0.133 e. The summed E-state index contributed by atoms with van der Waals surface area (Å²) in [4.78, 5) is 2.54. The molecule has 26 heavy (non-hydrogen) atoms. The maximum absolute atomic E-state index is 11.5. The summed E-state index contributed by atoms with van der Waals surface area (Å²) in [5, 5.41) is 14.9. The van der Waals surface area contributed by atoms with Crippen LogP contribution in [0.5, 0.6) is 5.75 Å². The van der Waals surface area contributed by atoms with E-state index in [2.05, 4.69) is 45.3 Å². The quantitative estimate of drug-likeness (QED) is 0.725. The molecule has 1 aliphatic heterocycles. The van der Waals surface area contributed by atoms with Crippen molar-refractivity contribution in [1.82, 2.24) is 10.2 Å². The van der Waals surface area contributed by atoms with Gasteiger partial charge in [-0.05, 0) is 79.4 Å². The standard InChI is InChI=1S/C21H33BrN2O2/c1-23-17-8-12-24(13-9-17)15-18(21(25)10-4-3-5-11-21)16-6-7-20(26-2)19(22)14-16/h6-7,14,17-18,23,25H,3-5,8-13,15H2,1-2H3. The van der Waals surface area contributed by atoms with Crippen molar-refractivity contribution < 1.29 is 9.84 Å². The molecule has 1 atom stereocenters. The van der Waals surface area contributed by atoms with Crippen LogP contribution in [0.3, 0.4) is 0 Å². The molecule has 1 saturated carbocycles. The average Bonchev–Trinajstić information content (AvgIpc) is 2.67. The minimum Gasteiger partial charge on any atom is -0.496 e. The second-order valence-corrected chi connectivity index (χ2v) is 8.83. The summed E-state index contributed by atoms with van der Waals surface area (Å²) < 4.78 is 6.37. The van der Waals surface area contributed by atoms with Crippen LogP contribution in [0.15, 0.2) is 22.7 Å². The van der Waals surface area contributed by atoms with Gasteiger partial charge < -0.3 is 20.1 Å². The van der Waals surface area contributed by atoms with Gasteiger partial charge in [-0.1, -0.05) is 25.3 Å². The highest BCUT2D eigenvalue weighted by atomic mass is 79.9. The van der Waals surface area contributed by atoms with Crippen molar-refractivity contribution in [2.75, 3.05) is 33.8 Å². The molecule has 1 aromatic rings. The molecule has 1 heterocycles. The van der Waals surface area contributed by atoms with Crippen molar-refractivity contribution in [3.05, 3.63) is 28.2 Å². The minimum absolute atomic E-state index is 0.149. The van der Waals surface area contributed by atoms with Crippen LogP contribution in [0.1, 0.15) is 56.4 Å². The van der Waals surface area contributed by atoms with Crippen molar-refractivity contribution in [1.29, 1.82) is 0 Å². The van der Waals surface area contributed by atoms with Gasteiger partial charge in [-0.2, -0.15) is 0 Å². The van der Waals surface area contributed by atoms with Crippen LogP contribution < -0.4 is 10.1 Å². The van der Waals surface area contributed by atoms with Crippen LogP contribution in [-0.2, 0) is 0 Å². The second kappa shape index (κ2) is 9.05. The number of rotatable bonds is 6. The highest BCUT2D eigenvalue weighted by Crippen LogP contribution is 2.42. The molecule has 0 radical (unpaired) electrons. The lowest BCUT2D eigenvalue weighted by atomic mass is 9.72. The van der Waals surface area contributed by atoms with Crippen molar-refractivity contribution in [2.24, 2.45) is 0 Å². The van der Waals surface area contributed by atoms with Gasteiger partial charge in [0.2, 0.25) is 0 Å². The normalized spacial score (nSPS) is 22.9. The fourth-order valence-electron chi connectivity index (χ4n) is 4.66. The molecule has 2 N–H and O–H groups in total. The van der Waals surface area contributed by atoms with Crippen LogP contribution >= 0.6 is 15.9 Å². The summed E-state index contributed by atoms with van der Waals surface area (Å²) in [5.41, 5.74) is 0.629. The van der Waals surface area contributed by atoms with Gasteiger partial charge in [0.05, 0.1) is 17.2 Å². The second-order valence-electron chi connectivity index (χ2n) is 7.97. The first-order valence-corrected chi connectivity index (χ1v) is 10.8. The summed E-state index contributed by atoms with van der Waals surface area (Å²) in [5.74, 6) is 0.995. The van der Waals surface area contributed by atoms with Crippen molar-refractivity contribution >= 4 is 15.9 Å². The number of ether oxygens (including phenoxy) is 1. The molecule has 3 rings (SSSR count). The lowest BCUT2D eigenvalue weighted by molar-refractivity contribution is -0.0326. The van der Waals surface area contributed by atoms with Gasteiger partial charge in [0.15, 0.2) is 0 Å². The summed E-state index contributed by atoms with van der Waals surface area (Å²) in [7, 11) is 3.75. The zero-order valence-electron chi connectivity index (χ0n) is 16.1. The predicted molar refractivity (Wildman–Crippen MR) is 110 cm³/mol. The topological polar surface area (TPSA) is 44.7 Å². The number of hydrogen-bond donors (Lipinski definition) is 2. The van der Waals surface area contributed by atoms with Crippen molar-refractivity contribution in [3.8, 4) is 5.75 Å². The Morgan fingerprint density at radius 3 is 2.54 bits per heavy atom. The van der Waals surface area contributed by atoms with Crippen LogP contribution in [-0.4, -0.2) is 55.4 Å². The number of hydrogen-bond acceptors (Lipinski definition) is 4. The van der Waals surface area contributed by atoms with Gasteiger partial charge in [0.1, 0.15) is 5.75 Å². The number of nitrogens with zero attached hydrogens (tertiary/aromatic N) is 1. The molecule has 0 spiro atoms. The number of aliphatic hydroxyl groups is 1. The maximum atomic E-state index is 11.5. The Morgan fingerprint density at radius 1 is 1.27 bits per heavy atom. The molecule has 1 unspecified atom stereocenters. The van der Waals surface area contributed by atoms with Gasteiger partial charge in [-0.25, -0.2) is 0 Å². The third-order valence-corrected chi connectivity index (χ3v) is 7.00. The number of nitrogens with one attached hydrogen (secondary N) is 1. The molecule has 1 aromatic carbocycles. The van der Waals surface area contributed by atoms with E-state index in [-0.39, 0.29) is 5.92 Å². The molecule has 1 aliphatic carbocycles. The van der Waals surface area contributed by atoms with E-state index in [9.17, 15) is 5.11 Å². The molecule has 1 saturated heterocycles. The van der Waals surface area contributed by atoms with E-state index in [1.165, 1.54) is 24.8 Å². The average molecular weight is 425 g/mol. The summed E-state index contributed by atoms with van der Waals surface area (Å²) >= 11 is 3.63. The number of likely N-dealkylation sites (tertiary alicyclic amines) is 1. The molecular weight excluding hydrogens is 392 g/mol. The number of piperidine rings is 1. The van der Waals surface area contributed by atoms with Crippen LogP contribution in [0.25, 0.3) is 0 Å². The molecule has 2 fully saturated rings. The Labute approximate surface area is 166 Å². The lowest BCUT2D eigenvalue weighted by Crippen LogP contribution is -2.48. The SMILES string of the molecule is CNC1CCN(CC(c2ccc(OC)c(Br)c2)C2(O)CCCCC2)CC1. The highest BCUT2D eigenvalue weighted by Gasteiger charge is 2.40. The van der Waals surface area contributed by atoms with Crippen LogP contribution in [0.2, 0.25) is 0 Å². The Bertz CT molecular complexity index is 581. The summed E-state index contributed by atoms with van der Waals surface area (Å²) in [6.45, 7) is 3.15. The predicted octanol–water partition coefficient (Wildman–Crippen LogP) is 3.92. The van der Waals surface area contributed by atoms with Gasteiger partial charge in [-0.3, -0.25) is 0 Å². The first-order chi connectivity index (χ1) is 12.6. The van der Waals surface area contributed by atoms with Crippen LogP contribution in [0, 0.1) is 0 Å². The molecule has 2 aliphatic rings. The fourth-order valence-corrected chi connectivity index (χ4v) is 5.22. The highest BCUT2D eigenvalue weighted by molar-refractivity contribution is 9.10. The van der Waals surface area contributed by atoms with Gasteiger partial charge in [-0.15, -0.1) is 0 Å². The Balaban J connectivity index is 1.81. The van der Waals surface area contributed by atoms with Gasteiger partial charge >= 0.3 is 0 Å². The monoisotopic (exact) mass is 424 g/mol. The molecule has 0 amide bonds. The molecule has 0 bridgehead atoms. The Morgan fingerprint density at radius 2 is 1.96 bits per heavy atom. The van der Waals surface area contributed by atoms with Crippen molar-refractivity contribution in [2.45, 2.75) is 62.5 Å². The van der Waals surface area contributed by atoms with E-state index in [0.717, 1.165) is 55.5 Å². The van der Waals surface area contributed by atoms with E-state index >= 15 is 0 Å². The minimum atomic E-state index is -0.591. The first kappa shape index (κ1) is 20.1. The molecular formula is C21H33BrN2O2. The van der Waals surface area contributed by atoms with E-state index < -0.39 is 5.60 Å². The van der Waals surface area contributed by atoms with E-state index in [0.29, 0.717) is 6.04 Å². The third-order valence-electron chi connectivity index (χ3n) is 6.38. The largest absolute Gasteiger partial charge is 0.496 e.